The summed E-state index contributed by atoms with van der Waals surface area (Å²) in [5.41, 5.74) is 0.854. The summed E-state index contributed by atoms with van der Waals surface area (Å²) in [5, 5.41) is 3.22. The number of nitrogens with zero attached hydrogens (tertiary/aromatic N) is 1. The Labute approximate surface area is 90.9 Å². The summed E-state index contributed by atoms with van der Waals surface area (Å²) >= 11 is 0. The van der Waals surface area contributed by atoms with Crippen molar-refractivity contribution < 1.29 is 4.79 Å². The Balaban J connectivity index is 2.25. The molecule has 15 heavy (non-hydrogen) atoms. The number of carbonyl (C=O) groups excluding carboxylic acids is 1. The third-order valence-electron chi connectivity index (χ3n) is 2.06. The van der Waals surface area contributed by atoms with E-state index in [1.165, 1.54) is 0 Å². The van der Waals surface area contributed by atoms with Gasteiger partial charge in [-0.05, 0) is 12.1 Å². The maximum atomic E-state index is 11.5. The van der Waals surface area contributed by atoms with Gasteiger partial charge in [0.05, 0.1) is 0 Å². The van der Waals surface area contributed by atoms with E-state index >= 15 is 0 Å². The van der Waals surface area contributed by atoms with Crippen molar-refractivity contribution in [3.05, 3.63) is 30.1 Å². The molecule has 0 atom stereocenters. The molecule has 0 bridgehead atoms. The second kappa shape index (κ2) is 6.30. The molecule has 0 saturated heterocycles. The number of rotatable bonds is 6. The second-order valence-corrected chi connectivity index (χ2v) is 3.90. The molecular weight excluding hydrogens is 188 g/mol. The standard InChI is InChI=1S/C12H18N2O/c1-10(2)13-8-6-12(15)9-11-5-3-4-7-14-11/h3-5,7,10,13H,6,8-9H2,1-2H3. The first kappa shape index (κ1) is 11.9. The van der Waals surface area contributed by atoms with Crippen LogP contribution in [0.1, 0.15) is 26.0 Å². The lowest BCUT2D eigenvalue weighted by Gasteiger charge is -2.06. The number of ketones is 1. The highest BCUT2D eigenvalue weighted by Gasteiger charge is 2.04. The van der Waals surface area contributed by atoms with Gasteiger partial charge in [0.1, 0.15) is 5.78 Å². The molecule has 1 aromatic heterocycles. The van der Waals surface area contributed by atoms with Crippen LogP contribution in [-0.4, -0.2) is 23.4 Å². The van der Waals surface area contributed by atoms with Gasteiger partial charge in [-0.3, -0.25) is 9.78 Å². The molecule has 1 rings (SSSR count). The van der Waals surface area contributed by atoms with Gasteiger partial charge in [-0.2, -0.15) is 0 Å². The van der Waals surface area contributed by atoms with Crippen molar-refractivity contribution in [1.29, 1.82) is 0 Å². The van der Waals surface area contributed by atoms with Gasteiger partial charge >= 0.3 is 0 Å². The highest BCUT2D eigenvalue weighted by atomic mass is 16.1. The minimum absolute atomic E-state index is 0.238. The normalized spacial score (nSPS) is 10.6. The van der Waals surface area contributed by atoms with E-state index in [0.717, 1.165) is 12.2 Å². The van der Waals surface area contributed by atoms with Crippen LogP contribution in [0.3, 0.4) is 0 Å². The second-order valence-electron chi connectivity index (χ2n) is 3.90. The average Bonchev–Trinajstić information content (AvgIpc) is 2.18. The molecule has 0 aliphatic carbocycles. The Morgan fingerprint density at radius 3 is 2.87 bits per heavy atom. The first-order valence-electron chi connectivity index (χ1n) is 5.33. The van der Waals surface area contributed by atoms with Crippen molar-refractivity contribution in [2.75, 3.05) is 6.54 Å². The van der Waals surface area contributed by atoms with E-state index in [0.29, 0.717) is 18.9 Å². The summed E-state index contributed by atoms with van der Waals surface area (Å²) in [5.74, 6) is 0.238. The van der Waals surface area contributed by atoms with Gasteiger partial charge in [-0.15, -0.1) is 0 Å². The van der Waals surface area contributed by atoms with E-state index < -0.39 is 0 Å². The Morgan fingerprint density at radius 2 is 2.27 bits per heavy atom. The molecule has 82 valence electrons. The first-order chi connectivity index (χ1) is 7.18. The van der Waals surface area contributed by atoms with Gasteiger partial charge in [0.2, 0.25) is 0 Å². The van der Waals surface area contributed by atoms with Crippen LogP contribution in [-0.2, 0) is 11.2 Å². The Kier molecular flexibility index (Phi) is 4.98. The fourth-order valence-corrected chi connectivity index (χ4v) is 1.29. The van der Waals surface area contributed by atoms with E-state index in [2.05, 4.69) is 24.1 Å². The highest BCUT2D eigenvalue weighted by Crippen LogP contribution is 1.97. The van der Waals surface area contributed by atoms with Crippen LogP contribution in [0.2, 0.25) is 0 Å². The van der Waals surface area contributed by atoms with Gasteiger partial charge in [-0.1, -0.05) is 19.9 Å². The van der Waals surface area contributed by atoms with Crippen molar-refractivity contribution in [2.24, 2.45) is 0 Å². The minimum atomic E-state index is 0.238. The molecule has 0 unspecified atom stereocenters. The molecule has 0 spiro atoms. The van der Waals surface area contributed by atoms with E-state index in [4.69, 9.17) is 0 Å². The zero-order valence-electron chi connectivity index (χ0n) is 9.36. The van der Waals surface area contributed by atoms with Gasteiger partial charge < -0.3 is 5.32 Å². The van der Waals surface area contributed by atoms with Crippen LogP contribution in [0.15, 0.2) is 24.4 Å². The molecule has 0 aliphatic rings. The molecule has 0 fully saturated rings. The monoisotopic (exact) mass is 206 g/mol. The Bertz CT molecular complexity index is 296. The van der Waals surface area contributed by atoms with Crippen LogP contribution in [0.25, 0.3) is 0 Å². The van der Waals surface area contributed by atoms with Crippen molar-refractivity contribution >= 4 is 5.78 Å². The predicted molar refractivity (Wildman–Crippen MR) is 60.7 cm³/mol. The van der Waals surface area contributed by atoms with Crippen LogP contribution in [0, 0.1) is 0 Å². The third kappa shape index (κ3) is 5.27. The Morgan fingerprint density at radius 1 is 1.47 bits per heavy atom. The molecule has 1 N–H and O–H groups in total. The summed E-state index contributed by atoms with van der Waals surface area (Å²) < 4.78 is 0. The fourth-order valence-electron chi connectivity index (χ4n) is 1.29. The largest absolute Gasteiger partial charge is 0.314 e. The summed E-state index contributed by atoms with van der Waals surface area (Å²) in [7, 11) is 0. The maximum absolute atomic E-state index is 11.5. The van der Waals surface area contributed by atoms with E-state index in [9.17, 15) is 4.79 Å². The number of aromatic nitrogens is 1. The summed E-state index contributed by atoms with van der Waals surface area (Å²) in [4.78, 5) is 15.6. The molecule has 0 aromatic carbocycles. The molecule has 0 radical (unpaired) electrons. The van der Waals surface area contributed by atoms with Gasteiger partial charge in [0, 0.05) is 37.3 Å². The molecule has 1 heterocycles. The van der Waals surface area contributed by atoms with Crippen molar-refractivity contribution in [3.8, 4) is 0 Å². The zero-order valence-corrected chi connectivity index (χ0v) is 9.36. The summed E-state index contributed by atoms with van der Waals surface area (Å²) in [6, 6.07) is 6.08. The van der Waals surface area contributed by atoms with Gasteiger partial charge in [0.25, 0.3) is 0 Å². The average molecular weight is 206 g/mol. The smallest absolute Gasteiger partial charge is 0.140 e. The van der Waals surface area contributed by atoms with Crippen LogP contribution in [0.4, 0.5) is 0 Å². The maximum Gasteiger partial charge on any atom is 0.140 e. The molecule has 0 amide bonds. The number of hydrogen-bond acceptors (Lipinski definition) is 3. The molecule has 3 heteroatoms. The van der Waals surface area contributed by atoms with Gasteiger partial charge in [0.15, 0.2) is 0 Å². The minimum Gasteiger partial charge on any atom is -0.314 e. The lowest BCUT2D eigenvalue weighted by Crippen LogP contribution is -2.25. The SMILES string of the molecule is CC(C)NCCC(=O)Cc1ccccn1. The van der Waals surface area contributed by atoms with Crippen molar-refractivity contribution in [2.45, 2.75) is 32.7 Å². The number of Topliss-reactive ketones (excluding diaryl/α,β-unsaturated/α-hetero) is 1. The quantitative estimate of drug-likeness (QED) is 0.768. The summed E-state index contributed by atoms with van der Waals surface area (Å²) in [6.45, 7) is 4.90. The van der Waals surface area contributed by atoms with E-state index in [1.807, 2.05) is 18.2 Å². The topological polar surface area (TPSA) is 42.0 Å². The van der Waals surface area contributed by atoms with Crippen LogP contribution >= 0.6 is 0 Å². The number of nitrogens with one attached hydrogen (secondary N) is 1. The van der Waals surface area contributed by atoms with E-state index in [-0.39, 0.29) is 5.78 Å². The molecule has 0 aliphatic heterocycles. The third-order valence-corrected chi connectivity index (χ3v) is 2.06. The van der Waals surface area contributed by atoms with Crippen molar-refractivity contribution in [1.82, 2.24) is 10.3 Å². The molecular formula is C12H18N2O. The lowest BCUT2D eigenvalue weighted by atomic mass is 10.1. The molecule has 3 nitrogen and oxygen atoms in total. The molecule has 1 aromatic rings. The number of hydrogen-bond donors (Lipinski definition) is 1. The Hall–Kier alpha value is -1.22. The highest BCUT2D eigenvalue weighted by molar-refractivity contribution is 5.80. The summed E-state index contributed by atoms with van der Waals surface area (Å²) in [6.07, 6.45) is 2.74. The first-order valence-corrected chi connectivity index (χ1v) is 5.33. The fraction of sp³-hybridized carbons (Fsp3) is 0.500. The number of pyridine rings is 1. The predicted octanol–water partition coefficient (Wildman–Crippen LogP) is 1.58. The van der Waals surface area contributed by atoms with Crippen LogP contribution in [0.5, 0.6) is 0 Å². The van der Waals surface area contributed by atoms with Crippen LogP contribution < -0.4 is 5.32 Å². The van der Waals surface area contributed by atoms with Gasteiger partial charge in [-0.25, -0.2) is 0 Å². The lowest BCUT2D eigenvalue weighted by molar-refractivity contribution is -0.118. The zero-order chi connectivity index (χ0) is 11.1. The molecule has 0 saturated carbocycles. The number of carbonyl (C=O) groups is 1. The van der Waals surface area contributed by atoms with E-state index in [1.54, 1.807) is 6.20 Å². The van der Waals surface area contributed by atoms with Crippen molar-refractivity contribution in [3.63, 3.8) is 0 Å².